The predicted molar refractivity (Wildman–Crippen MR) is 130 cm³/mol. The molecule has 1 amide bonds. The number of amides is 1. The molecule has 0 atom stereocenters. The molecule has 0 saturated heterocycles. The number of aromatic carboxylic acids is 1. The van der Waals surface area contributed by atoms with Gasteiger partial charge in [-0.2, -0.15) is 0 Å². The van der Waals surface area contributed by atoms with Crippen LogP contribution >= 0.6 is 0 Å². The number of hydrogen-bond acceptors (Lipinski definition) is 5. The number of benzene rings is 3. The Kier molecular flexibility index (Phi) is 7.87. The number of rotatable bonds is 10. The average molecular weight is 486 g/mol. The Morgan fingerprint density at radius 2 is 1.39 bits per heavy atom. The van der Waals surface area contributed by atoms with E-state index in [1.54, 1.807) is 12.1 Å². The fourth-order valence-corrected chi connectivity index (χ4v) is 3.36. The highest BCUT2D eigenvalue weighted by atomic mass is 19.1. The zero-order valence-electron chi connectivity index (χ0n) is 19.2. The quantitative estimate of drug-likeness (QED) is 0.327. The first-order valence-electron chi connectivity index (χ1n) is 11.1. The normalized spacial score (nSPS) is 10.5. The summed E-state index contributed by atoms with van der Waals surface area (Å²) in [6.45, 7) is 0.298. The van der Waals surface area contributed by atoms with Crippen molar-refractivity contribution in [1.29, 1.82) is 0 Å². The molecule has 0 bridgehead atoms. The highest BCUT2D eigenvalue weighted by Crippen LogP contribution is 2.32. The molecule has 0 fully saturated rings. The number of carboxylic acids is 1. The van der Waals surface area contributed by atoms with Gasteiger partial charge >= 0.3 is 5.97 Å². The van der Waals surface area contributed by atoms with Crippen LogP contribution in [0.4, 0.5) is 4.39 Å². The number of carboxylic acid groups (broad SMARTS) is 1. The molecular weight excluding hydrogens is 463 g/mol. The summed E-state index contributed by atoms with van der Waals surface area (Å²) in [7, 11) is 0. The monoisotopic (exact) mass is 486 g/mol. The van der Waals surface area contributed by atoms with Gasteiger partial charge in [-0.3, -0.25) is 4.79 Å². The van der Waals surface area contributed by atoms with Crippen LogP contribution in [0, 0.1) is 5.82 Å². The van der Waals surface area contributed by atoms with Gasteiger partial charge in [-0.25, -0.2) is 14.2 Å². The molecule has 2 N–H and O–H groups in total. The van der Waals surface area contributed by atoms with Crippen LogP contribution in [0.1, 0.15) is 37.5 Å². The maximum atomic E-state index is 13.2. The third-order valence-electron chi connectivity index (χ3n) is 5.22. The Labute approximate surface area is 207 Å². The highest BCUT2D eigenvalue weighted by molar-refractivity contribution is 6.00. The van der Waals surface area contributed by atoms with Crippen LogP contribution in [0.3, 0.4) is 0 Å². The fourth-order valence-electron chi connectivity index (χ4n) is 3.36. The number of carbonyl (C=O) groups excluding carboxylic acids is 1. The number of hydrogen-bond donors (Lipinski definition) is 2. The summed E-state index contributed by atoms with van der Waals surface area (Å²) in [5.74, 6) is -2.38. The molecule has 1 aromatic heterocycles. The van der Waals surface area contributed by atoms with Gasteiger partial charge < -0.3 is 19.9 Å². The maximum absolute atomic E-state index is 13.2. The van der Waals surface area contributed by atoms with Gasteiger partial charge in [-0.05, 0) is 34.9 Å². The van der Waals surface area contributed by atoms with Crippen LogP contribution < -0.4 is 14.8 Å². The van der Waals surface area contributed by atoms with E-state index in [1.807, 2.05) is 60.7 Å². The van der Waals surface area contributed by atoms with E-state index in [0.717, 1.165) is 17.2 Å². The molecule has 0 unspecified atom stereocenters. The van der Waals surface area contributed by atoms with Crippen molar-refractivity contribution in [2.75, 3.05) is 0 Å². The van der Waals surface area contributed by atoms with Crippen molar-refractivity contribution in [2.45, 2.75) is 19.8 Å². The first-order valence-corrected chi connectivity index (χ1v) is 11.1. The average Bonchev–Trinajstić information content (AvgIpc) is 2.91. The van der Waals surface area contributed by atoms with E-state index in [4.69, 9.17) is 9.47 Å². The van der Waals surface area contributed by atoms with Gasteiger partial charge in [0.1, 0.15) is 19.0 Å². The van der Waals surface area contributed by atoms with Gasteiger partial charge in [-0.1, -0.05) is 72.8 Å². The Hall–Kier alpha value is -4.72. The second-order valence-corrected chi connectivity index (χ2v) is 7.85. The van der Waals surface area contributed by atoms with Crippen molar-refractivity contribution in [3.63, 3.8) is 0 Å². The van der Waals surface area contributed by atoms with Gasteiger partial charge in [0.2, 0.25) is 0 Å². The lowest BCUT2D eigenvalue weighted by molar-refractivity contribution is 0.0688. The SMILES string of the molecule is O=C(O)c1cc(C(=O)NCc2ccc(F)cc2)c(OCc2ccccc2)c(OCc2ccccc2)n1. The van der Waals surface area contributed by atoms with Crippen LogP contribution in [-0.2, 0) is 19.8 Å². The van der Waals surface area contributed by atoms with E-state index in [0.29, 0.717) is 5.56 Å². The van der Waals surface area contributed by atoms with E-state index >= 15 is 0 Å². The van der Waals surface area contributed by atoms with Crippen LogP contribution in [0.15, 0.2) is 91.0 Å². The molecule has 0 aliphatic heterocycles. The van der Waals surface area contributed by atoms with E-state index in [-0.39, 0.29) is 48.5 Å². The molecule has 0 saturated carbocycles. The van der Waals surface area contributed by atoms with Gasteiger partial charge in [0.25, 0.3) is 11.8 Å². The minimum Gasteiger partial charge on any atom is -0.483 e. The van der Waals surface area contributed by atoms with E-state index in [2.05, 4.69) is 10.3 Å². The van der Waals surface area contributed by atoms with Crippen molar-refractivity contribution in [3.05, 3.63) is 125 Å². The number of aromatic nitrogens is 1. The predicted octanol–water partition coefficient (Wildman–Crippen LogP) is 5.01. The zero-order valence-corrected chi connectivity index (χ0v) is 19.2. The topological polar surface area (TPSA) is 97.8 Å². The molecule has 0 radical (unpaired) electrons. The van der Waals surface area contributed by atoms with Gasteiger partial charge in [0, 0.05) is 6.54 Å². The molecule has 8 heteroatoms. The third-order valence-corrected chi connectivity index (χ3v) is 5.22. The van der Waals surface area contributed by atoms with Crippen LogP contribution in [0.25, 0.3) is 0 Å². The minimum absolute atomic E-state index is 0.0244. The molecule has 0 aliphatic carbocycles. The summed E-state index contributed by atoms with van der Waals surface area (Å²) in [5.41, 5.74) is 1.94. The molecule has 0 spiro atoms. The number of nitrogens with zero attached hydrogens (tertiary/aromatic N) is 1. The Bertz CT molecular complexity index is 1330. The molecule has 3 aromatic carbocycles. The standard InChI is InChI=1S/C28H23FN2O5/c29-22-13-11-19(12-14-22)16-30-26(32)23-15-24(28(33)34)31-27(36-18-21-9-5-2-6-10-21)25(23)35-17-20-7-3-1-4-8-20/h1-15H,16-18H2,(H,30,32)(H,33,34). The number of carbonyl (C=O) groups is 2. The summed E-state index contributed by atoms with van der Waals surface area (Å²) in [4.78, 5) is 29.1. The molecule has 36 heavy (non-hydrogen) atoms. The van der Waals surface area contributed by atoms with Crippen LogP contribution in [0.5, 0.6) is 11.6 Å². The lowest BCUT2D eigenvalue weighted by atomic mass is 10.1. The van der Waals surface area contributed by atoms with Crippen LogP contribution in [-0.4, -0.2) is 22.0 Å². The molecule has 0 aliphatic rings. The molecule has 4 rings (SSSR count). The number of halogens is 1. The van der Waals surface area contributed by atoms with Gasteiger partial charge in [0.05, 0.1) is 5.56 Å². The molecular formula is C28H23FN2O5. The Morgan fingerprint density at radius 3 is 1.97 bits per heavy atom. The van der Waals surface area contributed by atoms with Gasteiger partial charge in [-0.15, -0.1) is 0 Å². The summed E-state index contributed by atoms with van der Waals surface area (Å²) >= 11 is 0. The molecule has 1 heterocycles. The molecule has 4 aromatic rings. The largest absolute Gasteiger partial charge is 0.483 e. The second-order valence-electron chi connectivity index (χ2n) is 7.85. The maximum Gasteiger partial charge on any atom is 0.354 e. The Balaban J connectivity index is 1.65. The van der Waals surface area contributed by atoms with Gasteiger partial charge in [0.15, 0.2) is 11.4 Å². The minimum atomic E-state index is -1.32. The second kappa shape index (κ2) is 11.6. The summed E-state index contributed by atoms with van der Waals surface area (Å²) in [6.07, 6.45) is 0. The molecule has 182 valence electrons. The number of nitrogens with one attached hydrogen (secondary N) is 1. The molecule has 7 nitrogen and oxygen atoms in total. The zero-order chi connectivity index (χ0) is 25.3. The highest BCUT2D eigenvalue weighted by Gasteiger charge is 2.24. The number of ether oxygens (including phenoxy) is 2. The summed E-state index contributed by atoms with van der Waals surface area (Å²) in [6, 6.07) is 25.4. The van der Waals surface area contributed by atoms with Crippen molar-refractivity contribution < 1.29 is 28.6 Å². The van der Waals surface area contributed by atoms with Crippen molar-refractivity contribution >= 4 is 11.9 Å². The lowest BCUT2D eigenvalue weighted by Gasteiger charge is -2.17. The van der Waals surface area contributed by atoms with E-state index in [1.165, 1.54) is 12.1 Å². The van der Waals surface area contributed by atoms with Crippen LogP contribution in [0.2, 0.25) is 0 Å². The first-order chi connectivity index (χ1) is 17.5. The Morgan fingerprint density at radius 1 is 0.806 bits per heavy atom. The summed E-state index contributed by atoms with van der Waals surface area (Å²) < 4.78 is 25.0. The van der Waals surface area contributed by atoms with Crippen molar-refractivity contribution in [3.8, 4) is 11.6 Å². The van der Waals surface area contributed by atoms with E-state index < -0.39 is 11.9 Å². The first kappa shape index (κ1) is 24.4. The smallest absolute Gasteiger partial charge is 0.354 e. The van der Waals surface area contributed by atoms with E-state index in [9.17, 15) is 19.1 Å². The van der Waals surface area contributed by atoms with Crippen molar-refractivity contribution in [2.24, 2.45) is 0 Å². The fraction of sp³-hybridized carbons (Fsp3) is 0.107. The van der Waals surface area contributed by atoms with Crippen molar-refractivity contribution in [1.82, 2.24) is 10.3 Å². The number of pyridine rings is 1. The summed E-state index contributed by atoms with van der Waals surface area (Å²) in [5, 5.41) is 12.3. The third kappa shape index (κ3) is 6.44. The lowest BCUT2D eigenvalue weighted by Crippen LogP contribution is -2.24.